The molecule has 1 atom stereocenters. The zero-order valence-electron chi connectivity index (χ0n) is 18.9. The number of nitrogens with one attached hydrogen (secondary N) is 2. The maximum atomic E-state index is 5.49. The minimum absolute atomic E-state index is 0.383. The molecule has 1 aromatic carbocycles. The lowest BCUT2D eigenvalue weighted by molar-refractivity contribution is 0.0702. The van der Waals surface area contributed by atoms with Gasteiger partial charge >= 0.3 is 0 Å². The number of ether oxygens (including phenoxy) is 4. The summed E-state index contributed by atoms with van der Waals surface area (Å²) < 4.78 is 21.2. The molecule has 1 saturated heterocycles. The van der Waals surface area contributed by atoms with E-state index in [9.17, 15) is 0 Å². The average molecular weight is 423 g/mol. The Morgan fingerprint density at radius 2 is 1.87 bits per heavy atom. The minimum atomic E-state index is 0.383. The van der Waals surface area contributed by atoms with Crippen molar-refractivity contribution in [2.24, 2.45) is 4.99 Å². The molecule has 0 radical (unpaired) electrons. The van der Waals surface area contributed by atoms with Crippen LogP contribution in [-0.2, 0) is 16.0 Å². The van der Waals surface area contributed by atoms with Crippen LogP contribution in [0.3, 0.4) is 0 Å². The number of guanidine groups is 1. The van der Waals surface area contributed by atoms with Gasteiger partial charge in [-0.1, -0.05) is 0 Å². The molecule has 0 aliphatic carbocycles. The molecule has 2 rings (SSSR count). The molecule has 1 fully saturated rings. The normalized spacial score (nSPS) is 17.2. The number of methoxy groups -OCH3 is 3. The first-order valence-electron chi connectivity index (χ1n) is 10.7. The largest absolute Gasteiger partial charge is 0.497 e. The summed E-state index contributed by atoms with van der Waals surface area (Å²) in [5.74, 6) is 2.53. The number of benzene rings is 1. The molecule has 1 aromatic rings. The summed E-state index contributed by atoms with van der Waals surface area (Å²) in [5.41, 5.74) is 1.20. The van der Waals surface area contributed by atoms with Gasteiger partial charge in [0, 0.05) is 58.5 Å². The van der Waals surface area contributed by atoms with Gasteiger partial charge < -0.3 is 29.6 Å². The van der Waals surface area contributed by atoms with Crippen LogP contribution in [0.15, 0.2) is 23.2 Å². The summed E-state index contributed by atoms with van der Waals surface area (Å²) in [6.07, 6.45) is 1.99. The van der Waals surface area contributed by atoms with Gasteiger partial charge in [0.2, 0.25) is 0 Å². The van der Waals surface area contributed by atoms with Gasteiger partial charge in [-0.2, -0.15) is 0 Å². The molecule has 30 heavy (non-hydrogen) atoms. The van der Waals surface area contributed by atoms with Gasteiger partial charge in [-0.05, 0) is 37.5 Å². The maximum absolute atomic E-state index is 5.49. The first kappa shape index (κ1) is 24.2. The van der Waals surface area contributed by atoms with Crippen molar-refractivity contribution in [2.75, 3.05) is 67.3 Å². The van der Waals surface area contributed by atoms with E-state index >= 15 is 0 Å². The van der Waals surface area contributed by atoms with Crippen molar-refractivity contribution in [3.63, 3.8) is 0 Å². The Morgan fingerprint density at radius 1 is 1.10 bits per heavy atom. The lowest BCUT2D eigenvalue weighted by Gasteiger charge is -2.19. The SMILES string of the molecule is CCNC(=NCCCOCCOC)NC1CCN(Cc2cc(OC)cc(OC)c2)C1. The monoisotopic (exact) mass is 422 g/mol. The first-order valence-corrected chi connectivity index (χ1v) is 10.7. The molecule has 0 bridgehead atoms. The number of aliphatic imine (C=N–C) groups is 1. The number of rotatable bonds is 13. The van der Waals surface area contributed by atoms with Crippen LogP contribution in [0.5, 0.6) is 11.5 Å². The summed E-state index contributed by atoms with van der Waals surface area (Å²) in [5, 5.41) is 6.92. The van der Waals surface area contributed by atoms with Crippen LogP contribution in [0.4, 0.5) is 0 Å². The topological polar surface area (TPSA) is 76.6 Å². The van der Waals surface area contributed by atoms with Crippen LogP contribution < -0.4 is 20.1 Å². The van der Waals surface area contributed by atoms with E-state index in [-0.39, 0.29) is 0 Å². The van der Waals surface area contributed by atoms with E-state index in [0.717, 1.165) is 63.0 Å². The Labute approximate surface area is 180 Å². The lowest BCUT2D eigenvalue weighted by atomic mass is 10.2. The summed E-state index contributed by atoms with van der Waals surface area (Å²) in [6, 6.07) is 6.43. The van der Waals surface area contributed by atoms with Crippen molar-refractivity contribution in [3.8, 4) is 11.5 Å². The van der Waals surface area contributed by atoms with Crippen LogP contribution in [0, 0.1) is 0 Å². The van der Waals surface area contributed by atoms with Crippen LogP contribution in [0.1, 0.15) is 25.3 Å². The molecule has 1 heterocycles. The summed E-state index contributed by atoms with van der Waals surface area (Å²) in [4.78, 5) is 7.12. The third kappa shape index (κ3) is 8.77. The molecule has 1 unspecified atom stereocenters. The van der Waals surface area contributed by atoms with Crippen molar-refractivity contribution in [2.45, 2.75) is 32.4 Å². The van der Waals surface area contributed by atoms with Gasteiger partial charge in [-0.25, -0.2) is 0 Å². The van der Waals surface area contributed by atoms with Gasteiger partial charge in [0.15, 0.2) is 5.96 Å². The number of nitrogens with zero attached hydrogens (tertiary/aromatic N) is 2. The fourth-order valence-corrected chi connectivity index (χ4v) is 3.43. The highest BCUT2D eigenvalue weighted by Crippen LogP contribution is 2.24. The van der Waals surface area contributed by atoms with Gasteiger partial charge in [-0.3, -0.25) is 9.89 Å². The van der Waals surface area contributed by atoms with E-state index in [0.29, 0.717) is 25.9 Å². The molecule has 1 aliphatic heterocycles. The molecule has 0 amide bonds. The maximum Gasteiger partial charge on any atom is 0.191 e. The van der Waals surface area contributed by atoms with E-state index in [4.69, 9.17) is 18.9 Å². The molecule has 0 spiro atoms. The van der Waals surface area contributed by atoms with Gasteiger partial charge in [-0.15, -0.1) is 0 Å². The second kappa shape index (κ2) is 14.1. The molecule has 170 valence electrons. The molecule has 0 aromatic heterocycles. The summed E-state index contributed by atoms with van der Waals surface area (Å²) >= 11 is 0. The van der Waals surface area contributed by atoms with E-state index in [2.05, 4.69) is 39.6 Å². The second-order valence-corrected chi connectivity index (χ2v) is 7.31. The van der Waals surface area contributed by atoms with E-state index in [1.54, 1.807) is 21.3 Å². The van der Waals surface area contributed by atoms with Gasteiger partial charge in [0.05, 0.1) is 27.4 Å². The first-order chi connectivity index (χ1) is 14.7. The smallest absolute Gasteiger partial charge is 0.191 e. The quantitative estimate of drug-likeness (QED) is 0.286. The van der Waals surface area contributed by atoms with Gasteiger partial charge in [0.1, 0.15) is 11.5 Å². The van der Waals surface area contributed by atoms with E-state index < -0.39 is 0 Å². The van der Waals surface area contributed by atoms with Crippen LogP contribution in [-0.4, -0.2) is 84.2 Å². The van der Waals surface area contributed by atoms with Crippen LogP contribution in [0.2, 0.25) is 0 Å². The molecular weight excluding hydrogens is 384 g/mol. The molecular formula is C22H38N4O4. The average Bonchev–Trinajstić information content (AvgIpc) is 3.19. The fraction of sp³-hybridized carbons (Fsp3) is 0.682. The Bertz CT molecular complexity index is 619. The second-order valence-electron chi connectivity index (χ2n) is 7.31. The standard InChI is InChI=1S/C22H38N4O4/c1-5-23-22(24-8-6-10-30-12-11-27-2)25-19-7-9-26(17-19)16-18-13-20(28-3)15-21(14-18)29-4/h13-15,19H,5-12,16-17H2,1-4H3,(H2,23,24,25). The highest BCUT2D eigenvalue weighted by atomic mass is 16.5. The molecule has 8 nitrogen and oxygen atoms in total. The minimum Gasteiger partial charge on any atom is -0.497 e. The van der Waals surface area contributed by atoms with Crippen molar-refractivity contribution in [1.82, 2.24) is 15.5 Å². The molecule has 0 saturated carbocycles. The Balaban J connectivity index is 1.79. The number of hydrogen-bond donors (Lipinski definition) is 2. The fourth-order valence-electron chi connectivity index (χ4n) is 3.43. The summed E-state index contributed by atoms with van der Waals surface area (Å²) in [6.45, 7) is 8.53. The molecule has 8 heteroatoms. The predicted molar refractivity (Wildman–Crippen MR) is 120 cm³/mol. The zero-order chi connectivity index (χ0) is 21.6. The van der Waals surface area contributed by atoms with Crippen molar-refractivity contribution < 1.29 is 18.9 Å². The number of hydrogen-bond acceptors (Lipinski definition) is 6. The van der Waals surface area contributed by atoms with Crippen LogP contribution >= 0.6 is 0 Å². The zero-order valence-corrected chi connectivity index (χ0v) is 18.9. The Kier molecular flexibility index (Phi) is 11.4. The third-order valence-electron chi connectivity index (χ3n) is 4.92. The highest BCUT2D eigenvalue weighted by molar-refractivity contribution is 5.80. The lowest BCUT2D eigenvalue weighted by Crippen LogP contribution is -2.44. The predicted octanol–water partition coefficient (Wildman–Crippen LogP) is 1.89. The highest BCUT2D eigenvalue weighted by Gasteiger charge is 2.23. The Hall–Kier alpha value is -2.03. The van der Waals surface area contributed by atoms with E-state index in [1.807, 2.05) is 6.07 Å². The van der Waals surface area contributed by atoms with Gasteiger partial charge in [0.25, 0.3) is 0 Å². The van der Waals surface area contributed by atoms with Crippen molar-refractivity contribution >= 4 is 5.96 Å². The Morgan fingerprint density at radius 3 is 2.53 bits per heavy atom. The van der Waals surface area contributed by atoms with Crippen molar-refractivity contribution in [1.29, 1.82) is 0 Å². The van der Waals surface area contributed by atoms with Crippen molar-refractivity contribution in [3.05, 3.63) is 23.8 Å². The van der Waals surface area contributed by atoms with Crippen LogP contribution in [0.25, 0.3) is 0 Å². The number of likely N-dealkylation sites (tertiary alicyclic amines) is 1. The molecule has 2 N–H and O–H groups in total. The summed E-state index contributed by atoms with van der Waals surface area (Å²) in [7, 11) is 5.04. The van der Waals surface area contributed by atoms with E-state index in [1.165, 1.54) is 5.56 Å². The molecule has 1 aliphatic rings. The third-order valence-corrected chi connectivity index (χ3v) is 4.92.